The summed E-state index contributed by atoms with van der Waals surface area (Å²) in [5.41, 5.74) is 0. The predicted molar refractivity (Wildman–Crippen MR) is 72.4 cm³/mol. The van der Waals surface area contributed by atoms with Crippen molar-refractivity contribution < 1.29 is 14.6 Å². The van der Waals surface area contributed by atoms with Crippen molar-refractivity contribution in [3.8, 4) is 5.75 Å². The fourth-order valence-electron chi connectivity index (χ4n) is 1.92. The van der Waals surface area contributed by atoms with Crippen molar-refractivity contribution in [2.45, 2.75) is 18.9 Å². The van der Waals surface area contributed by atoms with Gasteiger partial charge in [-0.3, -0.25) is 0 Å². The number of carbonyl (C=O) groups is 1. The molecule has 0 spiro atoms. The van der Waals surface area contributed by atoms with Gasteiger partial charge in [-0.15, -0.1) is 0 Å². The van der Waals surface area contributed by atoms with Crippen molar-refractivity contribution in [2.24, 2.45) is 0 Å². The predicted octanol–water partition coefficient (Wildman–Crippen LogP) is 3.62. The van der Waals surface area contributed by atoms with Crippen molar-refractivity contribution in [2.75, 3.05) is 13.1 Å². The molecule has 1 saturated heterocycles. The van der Waals surface area contributed by atoms with Crippen LogP contribution in [0.2, 0.25) is 5.02 Å². The third kappa shape index (κ3) is 3.29. The minimum absolute atomic E-state index is 0.0538. The summed E-state index contributed by atoms with van der Waals surface area (Å²) in [7, 11) is 0. The molecule has 1 aromatic rings. The number of likely N-dealkylation sites (tertiary alicyclic amines) is 1. The minimum Gasteiger partial charge on any atom is -0.489 e. The highest BCUT2D eigenvalue weighted by Crippen LogP contribution is 2.30. The molecule has 1 aliphatic heterocycles. The number of nitrogens with zero attached hydrogens (tertiary/aromatic N) is 1. The highest BCUT2D eigenvalue weighted by atomic mass is 79.9. The molecule has 1 amide bonds. The summed E-state index contributed by atoms with van der Waals surface area (Å²) in [5.74, 6) is 0.744. The zero-order valence-corrected chi connectivity index (χ0v) is 11.9. The second kappa shape index (κ2) is 5.80. The van der Waals surface area contributed by atoms with Gasteiger partial charge in [-0.25, -0.2) is 4.79 Å². The van der Waals surface area contributed by atoms with Crippen LogP contribution in [-0.4, -0.2) is 35.3 Å². The Labute approximate surface area is 119 Å². The lowest BCUT2D eigenvalue weighted by atomic mass is 10.1. The Kier molecular flexibility index (Phi) is 4.35. The van der Waals surface area contributed by atoms with E-state index in [1.165, 1.54) is 4.90 Å². The number of rotatable bonds is 2. The van der Waals surface area contributed by atoms with Crippen LogP contribution in [0.15, 0.2) is 22.7 Å². The van der Waals surface area contributed by atoms with E-state index in [4.69, 9.17) is 21.4 Å². The first-order chi connectivity index (χ1) is 8.56. The first kappa shape index (κ1) is 13.5. The van der Waals surface area contributed by atoms with Gasteiger partial charge in [-0.1, -0.05) is 11.6 Å². The van der Waals surface area contributed by atoms with Crippen LogP contribution < -0.4 is 4.74 Å². The summed E-state index contributed by atoms with van der Waals surface area (Å²) in [6.07, 6.45) is 0.613. The molecule has 0 unspecified atom stereocenters. The Morgan fingerprint density at radius 1 is 1.44 bits per heavy atom. The van der Waals surface area contributed by atoms with Crippen LogP contribution in [0.5, 0.6) is 5.75 Å². The molecule has 18 heavy (non-hydrogen) atoms. The number of hydrogen-bond acceptors (Lipinski definition) is 2. The van der Waals surface area contributed by atoms with Crippen molar-refractivity contribution in [1.29, 1.82) is 0 Å². The average Bonchev–Trinajstić information content (AvgIpc) is 2.33. The van der Waals surface area contributed by atoms with Gasteiger partial charge in [0.1, 0.15) is 11.9 Å². The van der Waals surface area contributed by atoms with Gasteiger partial charge in [-0.05, 0) is 34.1 Å². The molecule has 2 rings (SSSR count). The van der Waals surface area contributed by atoms with Gasteiger partial charge in [0, 0.05) is 31.0 Å². The molecule has 0 atom stereocenters. The highest BCUT2D eigenvalue weighted by Gasteiger charge is 2.23. The fourth-order valence-corrected chi connectivity index (χ4v) is 2.69. The molecule has 4 nitrogen and oxygen atoms in total. The number of benzene rings is 1. The van der Waals surface area contributed by atoms with Gasteiger partial charge in [0.05, 0.1) is 4.47 Å². The number of hydrogen-bond donors (Lipinski definition) is 1. The molecular formula is C12H13BrClNO3. The lowest BCUT2D eigenvalue weighted by Crippen LogP contribution is -2.41. The normalized spacial score (nSPS) is 16.7. The van der Waals surface area contributed by atoms with Gasteiger partial charge in [0.2, 0.25) is 0 Å². The quantitative estimate of drug-likeness (QED) is 0.898. The molecule has 0 radical (unpaired) electrons. The minimum atomic E-state index is -0.860. The maximum Gasteiger partial charge on any atom is 0.407 e. The lowest BCUT2D eigenvalue weighted by Gasteiger charge is -2.30. The Bertz CT molecular complexity index is 447. The molecule has 1 fully saturated rings. The first-order valence-corrected chi connectivity index (χ1v) is 6.83. The number of amides is 1. The number of piperidine rings is 1. The molecule has 98 valence electrons. The smallest absolute Gasteiger partial charge is 0.407 e. The SMILES string of the molecule is O=C(O)N1CCC(Oc2ccc(Cl)cc2Br)CC1. The summed E-state index contributed by atoms with van der Waals surface area (Å²) in [4.78, 5) is 12.2. The molecule has 0 aromatic heterocycles. The zero-order chi connectivity index (χ0) is 13.1. The highest BCUT2D eigenvalue weighted by molar-refractivity contribution is 9.10. The van der Waals surface area contributed by atoms with Gasteiger partial charge in [0.15, 0.2) is 0 Å². The van der Waals surface area contributed by atoms with Gasteiger partial charge < -0.3 is 14.7 Å². The van der Waals surface area contributed by atoms with Crippen LogP contribution in [0.25, 0.3) is 0 Å². The summed E-state index contributed by atoms with van der Waals surface area (Å²) in [6.45, 7) is 1.04. The van der Waals surface area contributed by atoms with E-state index in [1.807, 2.05) is 6.07 Å². The summed E-state index contributed by atoms with van der Waals surface area (Å²) in [6, 6.07) is 5.37. The van der Waals surface area contributed by atoms with Crippen molar-refractivity contribution in [1.82, 2.24) is 4.90 Å². The molecule has 0 aliphatic carbocycles. The lowest BCUT2D eigenvalue weighted by molar-refractivity contribution is 0.0891. The molecular weight excluding hydrogens is 321 g/mol. The van der Waals surface area contributed by atoms with E-state index in [0.29, 0.717) is 31.0 Å². The molecule has 0 bridgehead atoms. The van der Waals surface area contributed by atoms with Gasteiger partial charge in [0.25, 0.3) is 0 Å². The van der Waals surface area contributed by atoms with E-state index in [1.54, 1.807) is 12.1 Å². The largest absolute Gasteiger partial charge is 0.489 e. The van der Waals surface area contributed by atoms with Crippen LogP contribution in [0, 0.1) is 0 Å². The Hall–Kier alpha value is -0.940. The topological polar surface area (TPSA) is 49.8 Å². The second-order valence-electron chi connectivity index (χ2n) is 4.16. The van der Waals surface area contributed by atoms with Crippen molar-refractivity contribution in [3.05, 3.63) is 27.7 Å². The Balaban J connectivity index is 1.93. The maximum atomic E-state index is 10.8. The van der Waals surface area contributed by atoms with E-state index in [-0.39, 0.29) is 6.10 Å². The third-order valence-corrected chi connectivity index (χ3v) is 3.75. The number of ether oxygens (including phenoxy) is 1. The monoisotopic (exact) mass is 333 g/mol. The van der Waals surface area contributed by atoms with Gasteiger partial charge in [-0.2, -0.15) is 0 Å². The van der Waals surface area contributed by atoms with Gasteiger partial charge >= 0.3 is 6.09 Å². The van der Waals surface area contributed by atoms with E-state index in [2.05, 4.69) is 15.9 Å². The summed E-state index contributed by atoms with van der Waals surface area (Å²) < 4.78 is 6.66. The molecule has 1 aliphatic rings. The number of carboxylic acid groups (broad SMARTS) is 1. The maximum absolute atomic E-state index is 10.8. The molecule has 1 heterocycles. The molecule has 1 aromatic carbocycles. The average molecular weight is 335 g/mol. The zero-order valence-electron chi connectivity index (χ0n) is 9.60. The molecule has 1 N–H and O–H groups in total. The summed E-state index contributed by atoms with van der Waals surface area (Å²) >= 11 is 9.25. The molecule has 6 heteroatoms. The second-order valence-corrected chi connectivity index (χ2v) is 5.45. The van der Waals surface area contributed by atoms with Crippen LogP contribution in [0.4, 0.5) is 4.79 Å². The van der Waals surface area contributed by atoms with E-state index >= 15 is 0 Å². The van der Waals surface area contributed by atoms with Crippen LogP contribution in [0.3, 0.4) is 0 Å². The van der Waals surface area contributed by atoms with E-state index < -0.39 is 6.09 Å². The van der Waals surface area contributed by atoms with E-state index in [9.17, 15) is 4.79 Å². The third-order valence-electron chi connectivity index (χ3n) is 2.90. The standard InChI is InChI=1S/C12H13BrClNO3/c13-10-7-8(14)1-2-11(10)18-9-3-5-15(6-4-9)12(16)17/h1-2,7,9H,3-6H2,(H,16,17). The Morgan fingerprint density at radius 3 is 2.67 bits per heavy atom. The molecule has 0 saturated carbocycles. The first-order valence-electron chi connectivity index (χ1n) is 5.66. The Morgan fingerprint density at radius 2 is 2.11 bits per heavy atom. The van der Waals surface area contributed by atoms with Crippen LogP contribution >= 0.6 is 27.5 Å². The van der Waals surface area contributed by atoms with E-state index in [0.717, 1.165) is 10.2 Å². The van der Waals surface area contributed by atoms with Crippen molar-refractivity contribution in [3.63, 3.8) is 0 Å². The number of halogens is 2. The van der Waals surface area contributed by atoms with Crippen LogP contribution in [0.1, 0.15) is 12.8 Å². The van der Waals surface area contributed by atoms with Crippen LogP contribution in [-0.2, 0) is 0 Å². The van der Waals surface area contributed by atoms with Crippen molar-refractivity contribution >= 4 is 33.6 Å². The summed E-state index contributed by atoms with van der Waals surface area (Å²) in [5, 5.41) is 9.50. The fraction of sp³-hybridized carbons (Fsp3) is 0.417.